The second-order valence-corrected chi connectivity index (χ2v) is 3.37. The van der Waals surface area contributed by atoms with Crippen LogP contribution in [0.3, 0.4) is 0 Å². The lowest BCUT2D eigenvalue weighted by Crippen LogP contribution is -1.89. The SMILES string of the molecule is C1=Cc2cccnc2Oc2ccccc21. The molecule has 0 radical (unpaired) electrons. The standard InChI is InChI=1S/C13H9NO/c1-2-6-12-10(4-1)7-8-11-5-3-9-14-13(11)15-12/h1-9H. The molecule has 0 bridgehead atoms. The number of hydrogen-bond acceptors (Lipinski definition) is 2. The topological polar surface area (TPSA) is 22.1 Å². The van der Waals surface area contributed by atoms with E-state index in [1.807, 2.05) is 48.6 Å². The second kappa shape index (κ2) is 3.24. The highest BCUT2D eigenvalue weighted by atomic mass is 16.5. The van der Waals surface area contributed by atoms with Gasteiger partial charge in [0, 0.05) is 17.3 Å². The van der Waals surface area contributed by atoms with Crippen molar-refractivity contribution in [3.63, 3.8) is 0 Å². The van der Waals surface area contributed by atoms with Crippen LogP contribution >= 0.6 is 0 Å². The van der Waals surface area contributed by atoms with Crippen molar-refractivity contribution >= 4 is 12.2 Å². The second-order valence-electron chi connectivity index (χ2n) is 3.37. The molecule has 2 nitrogen and oxygen atoms in total. The van der Waals surface area contributed by atoms with E-state index in [-0.39, 0.29) is 0 Å². The lowest BCUT2D eigenvalue weighted by Gasteiger charge is -2.06. The average Bonchev–Trinajstić information content (AvgIpc) is 2.48. The Bertz CT molecular complexity index is 484. The van der Waals surface area contributed by atoms with Gasteiger partial charge in [0.1, 0.15) is 5.75 Å². The number of fused-ring (bicyclic) bond motifs is 2. The van der Waals surface area contributed by atoms with Gasteiger partial charge in [0.05, 0.1) is 0 Å². The third-order valence-electron chi connectivity index (χ3n) is 2.37. The molecule has 1 aromatic carbocycles. The normalized spacial score (nSPS) is 12.3. The summed E-state index contributed by atoms with van der Waals surface area (Å²) >= 11 is 0. The van der Waals surface area contributed by atoms with Crippen LogP contribution in [-0.2, 0) is 0 Å². The fourth-order valence-corrected chi connectivity index (χ4v) is 1.61. The summed E-state index contributed by atoms with van der Waals surface area (Å²) in [6.45, 7) is 0. The summed E-state index contributed by atoms with van der Waals surface area (Å²) < 4.78 is 5.73. The highest BCUT2D eigenvalue weighted by Crippen LogP contribution is 2.31. The van der Waals surface area contributed by atoms with Crippen LogP contribution in [0.4, 0.5) is 0 Å². The predicted molar refractivity (Wildman–Crippen MR) is 59.7 cm³/mol. The van der Waals surface area contributed by atoms with Crippen LogP contribution in [0, 0.1) is 0 Å². The van der Waals surface area contributed by atoms with Crippen molar-refractivity contribution in [2.75, 3.05) is 0 Å². The van der Waals surface area contributed by atoms with E-state index >= 15 is 0 Å². The molecule has 3 rings (SSSR count). The van der Waals surface area contributed by atoms with Crippen LogP contribution in [-0.4, -0.2) is 4.98 Å². The Labute approximate surface area is 87.9 Å². The predicted octanol–water partition coefficient (Wildman–Crippen LogP) is 3.36. The summed E-state index contributed by atoms with van der Waals surface area (Å²) in [5.74, 6) is 1.52. The minimum absolute atomic E-state index is 0.665. The van der Waals surface area contributed by atoms with E-state index in [1.165, 1.54) is 0 Å². The largest absolute Gasteiger partial charge is 0.438 e. The molecule has 0 saturated carbocycles. The number of benzene rings is 1. The quantitative estimate of drug-likeness (QED) is 0.548. The summed E-state index contributed by atoms with van der Waals surface area (Å²) in [5.41, 5.74) is 2.09. The van der Waals surface area contributed by atoms with Crippen molar-refractivity contribution < 1.29 is 4.74 Å². The van der Waals surface area contributed by atoms with Crippen molar-refractivity contribution in [1.82, 2.24) is 4.98 Å². The zero-order valence-corrected chi connectivity index (χ0v) is 8.05. The number of nitrogens with zero attached hydrogens (tertiary/aromatic N) is 1. The first-order chi connectivity index (χ1) is 7.43. The highest BCUT2D eigenvalue weighted by Gasteiger charge is 2.09. The molecular weight excluding hydrogens is 186 g/mol. The van der Waals surface area contributed by atoms with E-state index in [4.69, 9.17) is 4.74 Å². The number of rotatable bonds is 0. The van der Waals surface area contributed by atoms with E-state index < -0.39 is 0 Å². The molecule has 2 heteroatoms. The van der Waals surface area contributed by atoms with Crippen molar-refractivity contribution in [3.8, 4) is 11.6 Å². The van der Waals surface area contributed by atoms with Gasteiger partial charge in [0.15, 0.2) is 0 Å². The first-order valence-corrected chi connectivity index (χ1v) is 4.83. The van der Waals surface area contributed by atoms with Gasteiger partial charge >= 0.3 is 0 Å². The molecule has 0 amide bonds. The summed E-state index contributed by atoms with van der Waals surface area (Å²) in [7, 11) is 0. The molecule has 0 fully saturated rings. The van der Waals surface area contributed by atoms with E-state index in [1.54, 1.807) is 6.20 Å². The van der Waals surface area contributed by atoms with Gasteiger partial charge in [0.25, 0.3) is 0 Å². The summed E-state index contributed by atoms with van der Waals surface area (Å²) in [6.07, 6.45) is 5.80. The maximum absolute atomic E-state index is 5.73. The smallest absolute Gasteiger partial charge is 0.226 e. The van der Waals surface area contributed by atoms with Gasteiger partial charge in [-0.1, -0.05) is 24.3 Å². The van der Waals surface area contributed by atoms with Crippen LogP contribution in [0.2, 0.25) is 0 Å². The van der Waals surface area contributed by atoms with Gasteiger partial charge in [-0.3, -0.25) is 0 Å². The molecule has 72 valence electrons. The van der Waals surface area contributed by atoms with E-state index in [0.29, 0.717) is 5.88 Å². The lowest BCUT2D eigenvalue weighted by molar-refractivity contribution is 0.462. The van der Waals surface area contributed by atoms with Crippen LogP contribution in [0.1, 0.15) is 11.1 Å². The van der Waals surface area contributed by atoms with Gasteiger partial charge < -0.3 is 4.74 Å². The molecule has 1 aliphatic rings. The van der Waals surface area contributed by atoms with E-state index in [9.17, 15) is 0 Å². The maximum Gasteiger partial charge on any atom is 0.226 e. The molecule has 0 unspecified atom stereocenters. The molecule has 0 saturated heterocycles. The summed E-state index contributed by atoms with van der Waals surface area (Å²) in [4.78, 5) is 4.20. The van der Waals surface area contributed by atoms with Crippen LogP contribution in [0.15, 0.2) is 42.6 Å². The van der Waals surface area contributed by atoms with Crippen molar-refractivity contribution in [2.24, 2.45) is 0 Å². The van der Waals surface area contributed by atoms with Crippen LogP contribution in [0.25, 0.3) is 12.2 Å². The molecule has 15 heavy (non-hydrogen) atoms. The number of para-hydroxylation sites is 1. The molecular formula is C13H9NO. The van der Waals surface area contributed by atoms with Crippen molar-refractivity contribution in [3.05, 3.63) is 53.7 Å². The number of aromatic nitrogens is 1. The molecule has 1 aliphatic heterocycles. The van der Waals surface area contributed by atoms with Crippen LogP contribution in [0.5, 0.6) is 11.6 Å². The minimum atomic E-state index is 0.665. The zero-order valence-electron chi connectivity index (χ0n) is 8.05. The maximum atomic E-state index is 5.73. The van der Waals surface area contributed by atoms with Gasteiger partial charge in [-0.05, 0) is 24.3 Å². The van der Waals surface area contributed by atoms with Gasteiger partial charge in [-0.15, -0.1) is 0 Å². The fraction of sp³-hybridized carbons (Fsp3) is 0. The Hall–Kier alpha value is -2.09. The monoisotopic (exact) mass is 195 g/mol. The van der Waals surface area contributed by atoms with Gasteiger partial charge in [-0.2, -0.15) is 0 Å². The first-order valence-electron chi connectivity index (χ1n) is 4.83. The third-order valence-corrected chi connectivity index (χ3v) is 2.37. The molecule has 0 aliphatic carbocycles. The molecule has 2 heterocycles. The zero-order chi connectivity index (χ0) is 10.1. The highest BCUT2D eigenvalue weighted by molar-refractivity contribution is 5.76. The van der Waals surface area contributed by atoms with Crippen molar-refractivity contribution in [1.29, 1.82) is 0 Å². The Kier molecular flexibility index (Phi) is 1.78. The molecule has 1 aromatic heterocycles. The first kappa shape index (κ1) is 8.24. The van der Waals surface area contributed by atoms with Crippen LogP contribution < -0.4 is 4.74 Å². The van der Waals surface area contributed by atoms with Gasteiger partial charge in [0.2, 0.25) is 5.88 Å². The number of ether oxygens (including phenoxy) is 1. The van der Waals surface area contributed by atoms with E-state index in [2.05, 4.69) is 4.98 Å². The molecule has 2 aromatic rings. The Balaban J connectivity index is 2.19. The number of hydrogen-bond donors (Lipinski definition) is 0. The summed E-state index contributed by atoms with van der Waals surface area (Å²) in [6, 6.07) is 11.8. The Morgan fingerprint density at radius 3 is 2.67 bits per heavy atom. The molecule has 0 N–H and O–H groups in total. The fourth-order valence-electron chi connectivity index (χ4n) is 1.61. The molecule has 0 spiro atoms. The summed E-state index contributed by atoms with van der Waals surface area (Å²) in [5, 5.41) is 0. The van der Waals surface area contributed by atoms with Crippen molar-refractivity contribution in [2.45, 2.75) is 0 Å². The lowest BCUT2D eigenvalue weighted by atomic mass is 10.2. The Morgan fingerprint density at radius 2 is 1.67 bits per heavy atom. The number of pyridine rings is 1. The Morgan fingerprint density at radius 1 is 0.867 bits per heavy atom. The molecule has 0 atom stereocenters. The third kappa shape index (κ3) is 1.40. The minimum Gasteiger partial charge on any atom is -0.438 e. The van der Waals surface area contributed by atoms with E-state index in [0.717, 1.165) is 16.9 Å². The van der Waals surface area contributed by atoms with Gasteiger partial charge in [-0.25, -0.2) is 4.98 Å². The average molecular weight is 195 g/mol.